The van der Waals surface area contributed by atoms with E-state index in [0.29, 0.717) is 18.5 Å². The minimum absolute atomic E-state index is 0.0771. The highest BCUT2D eigenvalue weighted by Crippen LogP contribution is 2.16. The van der Waals surface area contributed by atoms with E-state index >= 15 is 0 Å². The molecule has 1 aromatic carbocycles. The maximum atomic E-state index is 12.3. The molecule has 2 rings (SSSR count). The molecule has 0 radical (unpaired) electrons. The van der Waals surface area contributed by atoms with Crippen LogP contribution in [-0.4, -0.2) is 17.4 Å². The topological polar surface area (TPSA) is 68.0 Å². The number of aromatic nitrogens is 1. The van der Waals surface area contributed by atoms with Crippen molar-refractivity contribution in [3.63, 3.8) is 0 Å². The third-order valence-electron chi connectivity index (χ3n) is 2.85. The Morgan fingerprint density at radius 1 is 1.47 bits per heavy atom. The molecule has 0 fully saturated rings. The normalized spacial score (nSPS) is 12.1. The molecule has 0 aliphatic heterocycles. The molecule has 5 heteroatoms. The van der Waals surface area contributed by atoms with Crippen LogP contribution >= 0.6 is 11.3 Å². The number of hydrogen-bond donors (Lipinski definition) is 2. The number of nitrogens with zero attached hydrogens (tertiary/aromatic N) is 1. The molecule has 0 aliphatic rings. The van der Waals surface area contributed by atoms with Gasteiger partial charge in [0.1, 0.15) is 5.01 Å². The highest BCUT2D eigenvalue weighted by molar-refractivity contribution is 7.09. The van der Waals surface area contributed by atoms with Crippen LogP contribution in [0.2, 0.25) is 0 Å². The highest BCUT2D eigenvalue weighted by Gasteiger charge is 2.15. The number of hydrogen-bond acceptors (Lipinski definition) is 4. The summed E-state index contributed by atoms with van der Waals surface area (Å²) >= 11 is 1.54. The van der Waals surface area contributed by atoms with Crippen LogP contribution in [0.3, 0.4) is 0 Å². The van der Waals surface area contributed by atoms with Crippen LogP contribution in [0.1, 0.15) is 33.9 Å². The Balaban J connectivity index is 2.11. The molecule has 4 nitrogen and oxygen atoms in total. The molecule has 3 N–H and O–H groups in total. The van der Waals surface area contributed by atoms with Gasteiger partial charge in [-0.05, 0) is 31.5 Å². The van der Waals surface area contributed by atoms with Crippen molar-refractivity contribution in [2.75, 3.05) is 6.54 Å². The molecule has 1 amide bonds. The van der Waals surface area contributed by atoms with Crippen molar-refractivity contribution in [3.8, 4) is 0 Å². The Hall–Kier alpha value is -1.72. The van der Waals surface area contributed by atoms with E-state index in [2.05, 4.69) is 10.3 Å². The van der Waals surface area contributed by atoms with E-state index in [1.165, 1.54) is 11.3 Å². The average Bonchev–Trinajstić information content (AvgIpc) is 2.93. The number of carbonyl (C=O) groups excluding carboxylic acids is 1. The average molecular weight is 275 g/mol. The van der Waals surface area contributed by atoms with Crippen LogP contribution in [0, 0.1) is 0 Å². The lowest BCUT2D eigenvalue weighted by molar-refractivity contribution is 0.0939. The van der Waals surface area contributed by atoms with Gasteiger partial charge in [-0.2, -0.15) is 0 Å². The molecule has 0 bridgehead atoms. The Kier molecular flexibility index (Phi) is 4.65. The predicted octanol–water partition coefficient (Wildman–Crippen LogP) is 2.14. The lowest BCUT2D eigenvalue weighted by atomic mass is 10.0. The van der Waals surface area contributed by atoms with Crippen molar-refractivity contribution in [3.05, 3.63) is 52.0 Å². The summed E-state index contributed by atoms with van der Waals surface area (Å²) in [5.41, 5.74) is 7.24. The third-order valence-corrected chi connectivity index (χ3v) is 3.80. The maximum absolute atomic E-state index is 12.3. The van der Waals surface area contributed by atoms with Crippen LogP contribution in [0.4, 0.5) is 0 Å². The van der Waals surface area contributed by atoms with Gasteiger partial charge >= 0.3 is 0 Å². The largest absolute Gasteiger partial charge is 0.343 e. The van der Waals surface area contributed by atoms with Gasteiger partial charge < -0.3 is 11.1 Å². The van der Waals surface area contributed by atoms with Crippen molar-refractivity contribution in [1.29, 1.82) is 0 Å². The van der Waals surface area contributed by atoms with E-state index in [-0.39, 0.29) is 11.9 Å². The zero-order valence-corrected chi connectivity index (χ0v) is 11.6. The van der Waals surface area contributed by atoms with Crippen LogP contribution in [-0.2, 0) is 6.42 Å². The lowest BCUT2D eigenvalue weighted by Crippen LogP contribution is -2.27. The van der Waals surface area contributed by atoms with Crippen molar-refractivity contribution in [2.24, 2.45) is 5.73 Å². The first-order chi connectivity index (χ1) is 9.22. The van der Waals surface area contributed by atoms with Gasteiger partial charge in [0.2, 0.25) is 0 Å². The second-order valence-electron chi connectivity index (χ2n) is 4.26. The molecule has 0 aliphatic carbocycles. The molecule has 1 atom stereocenters. The fourth-order valence-electron chi connectivity index (χ4n) is 1.90. The van der Waals surface area contributed by atoms with Gasteiger partial charge in [0.05, 0.1) is 6.04 Å². The Morgan fingerprint density at radius 3 is 2.95 bits per heavy atom. The number of nitrogens with one attached hydrogen (secondary N) is 1. The van der Waals surface area contributed by atoms with Crippen molar-refractivity contribution in [2.45, 2.75) is 19.4 Å². The summed E-state index contributed by atoms with van der Waals surface area (Å²) in [6, 6.07) is 7.47. The Bertz CT molecular complexity index is 539. The van der Waals surface area contributed by atoms with Gasteiger partial charge in [-0.1, -0.05) is 18.2 Å². The minimum Gasteiger partial charge on any atom is -0.343 e. The predicted molar refractivity (Wildman–Crippen MR) is 77.2 cm³/mol. The van der Waals surface area contributed by atoms with E-state index < -0.39 is 0 Å². The summed E-state index contributed by atoms with van der Waals surface area (Å²) in [5, 5.41) is 5.78. The number of benzene rings is 1. The van der Waals surface area contributed by atoms with Gasteiger partial charge in [0.15, 0.2) is 0 Å². The van der Waals surface area contributed by atoms with Crippen LogP contribution < -0.4 is 11.1 Å². The summed E-state index contributed by atoms with van der Waals surface area (Å²) in [5.74, 6) is -0.0771. The third kappa shape index (κ3) is 3.39. The monoisotopic (exact) mass is 275 g/mol. The quantitative estimate of drug-likeness (QED) is 0.878. The Morgan fingerprint density at radius 2 is 2.26 bits per heavy atom. The van der Waals surface area contributed by atoms with Gasteiger partial charge in [0.25, 0.3) is 5.91 Å². The summed E-state index contributed by atoms with van der Waals surface area (Å²) in [6.07, 6.45) is 2.44. The molecule has 0 spiro atoms. The first kappa shape index (κ1) is 13.7. The number of carbonyl (C=O) groups is 1. The van der Waals surface area contributed by atoms with Gasteiger partial charge in [-0.25, -0.2) is 4.98 Å². The summed E-state index contributed by atoms with van der Waals surface area (Å²) in [4.78, 5) is 16.5. The van der Waals surface area contributed by atoms with Gasteiger partial charge in [0, 0.05) is 17.1 Å². The molecule has 1 unspecified atom stereocenters. The molecular formula is C14H17N3OS. The number of nitrogens with two attached hydrogens (primary N) is 1. The fourth-order valence-corrected chi connectivity index (χ4v) is 2.55. The summed E-state index contributed by atoms with van der Waals surface area (Å²) < 4.78 is 0. The number of rotatable bonds is 5. The van der Waals surface area contributed by atoms with E-state index in [1.807, 2.05) is 36.6 Å². The second kappa shape index (κ2) is 6.45. The molecular weight excluding hydrogens is 258 g/mol. The first-order valence-corrected chi connectivity index (χ1v) is 7.08. The zero-order valence-electron chi connectivity index (χ0n) is 10.8. The molecule has 0 saturated carbocycles. The minimum atomic E-state index is -0.0848. The van der Waals surface area contributed by atoms with E-state index in [0.717, 1.165) is 10.6 Å². The van der Waals surface area contributed by atoms with Crippen LogP contribution in [0.25, 0.3) is 0 Å². The van der Waals surface area contributed by atoms with Crippen molar-refractivity contribution < 1.29 is 4.79 Å². The number of thiazole rings is 1. The zero-order chi connectivity index (χ0) is 13.7. The van der Waals surface area contributed by atoms with Crippen molar-refractivity contribution >= 4 is 17.2 Å². The van der Waals surface area contributed by atoms with Crippen LogP contribution in [0.5, 0.6) is 0 Å². The Labute approximate surface area is 116 Å². The molecule has 19 heavy (non-hydrogen) atoms. The SMILES string of the molecule is CC(NC(=O)c1ccccc1CCN)c1nccs1. The molecule has 0 saturated heterocycles. The lowest BCUT2D eigenvalue weighted by Gasteiger charge is -2.13. The molecule has 100 valence electrons. The first-order valence-electron chi connectivity index (χ1n) is 6.20. The van der Waals surface area contributed by atoms with Crippen molar-refractivity contribution in [1.82, 2.24) is 10.3 Å². The molecule has 1 heterocycles. The van der Waals surface area contributed by atoms with Gasteiger partial charge in [-0.15, -0.1) is 11.3 Å². The van der Waals surface area contributed by atoms with E-state index in [4.69, 9.17) is 5.73 Å². The number of amides is 1. The molecule has 1 aromatic heterocycles. The molecule has 2 aromatic rings. The summed E-state index contributed by atoms with van der Waals surface area (Å²) in [6.45, 7) is 2.47. The standard InChI is InChI=1S/C14H17N3OS/c1-10(14-16-8-9-19-14)17-13(18)12-5-3-2-4-11(12)6-7-15/h2-5,8-10H,6-7,15H2,1H3,(H,17,18). The summed E-state index contributed by atoms with van der Waals surface area (Å²) in [7, 11) is 0. The maximum Gasteiger partial charge on any atom is 0.252 e. The van der Waals surface area contributed by atoms with E-state index in [1.54, 1.807) is 6.20 Å². The second-order valence-corrected chi connectivity index (χ2v) is 5.19. The highest BCUT2D eigenvalue weighted by atomic mass is 32.1. The fraction of sp³-hybridized carbons (Fsp3) is 0.286. The van der Waals surface area contributed by atoms with E-state index in [9.17, 15) is 4.79 Å². The van der Waals surface area contributed by atoms with Crippen LogP contribution in [0.15, 0.2) is 35.8 Å². The smallest absolute Gasteiger partial charge is 0.252 e. The van der Waals surface area contributed by atoms with Gasteiger partial charge in [-0.3, -0.25) is 4.79 Å².